The number of carbonyl (C=O) groups is 1. The molecule has 28 heavy (non-hydrogen) atoms. The van der Waals surface area contributed by atoms with Crippen LogP contribution >= 0.6 is 0 Å². The van der Waals surface area contributed by atoms with E-state index in [-0.39, 0.29) is 11.9 Å². The summed E-state index contributed by atoms with van der Waals surface area (Å²) in [6.07, 6.45) is 8.69. The van der Waals surface area contributed by atoms with Gasteiger partial charge in [0.2, 0.25) is 11.9 Å². The predicted octanol–water partition coefficient (Wildman–Crippen LogP) is 2.67. The van der Waals surface area contributed by atoms with E-state index in [2.05, 4.69) is 47.3 Å². The Labute approximate surface area is 165 Å². The lowest BCUT2D eigenvalue weighted by molar-refractivity contribution is -0.119. The summed E-state index contributed by atoms with van der Waals surface area (Å²) >= 11 is 0. The molecule has 1 unspecified atom stereocenters. The Bertz CT molecular complexity index is 870. The third-order valence-corrected chi connectivity index (χ3v) is 5.48. The first-order chi connectivity index (χ1) is 13.3. The lowest BCUT2D eigenvalue weighted by Gasteiger charge is -2.36. The monoisotopic (exact) mass is 383 g/mol. The Hall–Kier alpha value is -2.64. The molecule has 0 aromatic carbocycles. The molecule has 1 amide bonds. The number of aryl methyl sites for hydroxylation is 1. The van der Waals surface area contributed by atoms with Crippen molar-refractivity contribution in [3.63, 3.8) is 0 Å². The minimum Gasteiger partial charge on any atom is -0.350 e. The minimum absolute atomic E-state index is 0.0821. The Morgan fingerprint density at radius 3 is 2.89 bits per heavy atom. The summed E-state index contributed by atoms with van der Waals surface area (Å²) < 4.78 is 1.99. The largest absolute Gasteiger partial charge is 0.350 e. The van der Waals surface area contributed by atoms with E-state index in [1.807, 2.05) is 10.9 Å². The molecule has 0 aliphatic carbocycles. The Kier molecular flexibility index (Phi) is 4.72. The molecule has 0 spiro atoms. The first kappa shape index (κ1) is 18.7. The highest BCUT2D eigenvalue weighted by Gasteiger charge is 2.40. The molecule has 0 radical (unpaired) electrons. The molecule has 8 heteroatoms. The Morgan fingerprint density at radius 2 is 2.11 bits per heavy atom. The molecule has 8 nitrogen and oxygen atoms in total. The second kappa shape index (κ2) is 7.07. The zero-order chi connectivity index (χ0) is 19.9. The van der Waals surface area contributed by atoms with Gasteiger partial charge in [-0.1, -0.05) is 20.8 Å². The normalized spacial score (nSPS) is 19.0. The second-order valence-corrected chi connectivity index (χ2v) is 8.93. The van der Waals surface area contributed by atoms with Gasteiger partial charge >= 0.3 is 0 Å². The van der Waals surface area contributed by atoms with E-state index >= 15 is 0 Å². The number of hydrogen-bond acceptors (Lipinski definition) is 6. The van der Waals surface area contributed by atoms with Crippen molar-refractivity contribution in [3.8, 4) is 0 Å². The molecule has 2 aliphatic heterocycles. The number of hydrogen-bond donors (Lipinski definition) is 1. The van der Waals surface area contributed by atoms with Gasteiger partial charge in [0.15, 0.2) is 5.82 Å². The van der Waals surface area contributed by atoms with E-state index < -0.39 is 0 Å². The maximum absolute atomic E-state index is 12.5. The van der Waals surface area contributed by atoms with Crippen LogP contribution in [0.2, 0.25) is 0 Å². The van der Waals surface area contributed by atoms with Crippen LogP contribution in [0.5, 0.6) is 0 Å². The van der Waals surface area contributed by atoms with Crippen molar-refractivity contribution in [1.82, 2.24) is 19.7 Å². The van der Waals surface area contributed by atoms with E-state index in [1.54, 1.807) is 18.1 Å². The molecule has 2 aliphatic rings. The van der Waals surface area contributed by atoms with Gasteiger partial charge in [0, 0.05) is 38.4 Å². The maximum atomic E-state index is 12.5. The number of amides is 1. The average Bonchev–Trinajstić information content (AvgIpc) is 3.31. The number of nitrogens with zero attached hydrogens (tertiary/aromatic N) is 6. The van der Waals surface area contributed by atoms with Crippen LogP contribution in [-0.2, 0) is 17.9 Å². The van der Waals surface area contributed by atoms with E-state index in [4.69, 9.17) is 4.98 Å². The van der Waals surface area contributed by atoms with Crippen molar-refractivity contribution >= 4 is 23.4 Å². The highest BCUT2D eigenvalue weighted by atomic mass is 16.2. The quantitative estimate of drug-likeness (QED) is 0.855. The van der Waals surface area contributed by atoms with Crippen LogP contribution in [0.15, 0.2) is 18.6 Å². The summed E-state index contributed by atoms with van der Waals surface area (Å²) in [5, 5.41) is 7.74. The van der Waals surface area contributed by atoms with Crippen LogP contribution in [0.4, 0.5) is 17.5 Å². The van der Waals surface area contributed by atoms with Gasteiger partial charge in [0.25, 0.3) is 0 Å². The first-order valence-electron chi connectivity index (χ1n) is 9.98. The Balaban J connectivity index is 1.44. The van der Waals surface area contributed by atoms with E-state index in [1.165, 1.54) is 0 Å². The minimum atomic E-state index is -0.0821. The van der Waals surface area contributed by atoms with Crippen LogP contribution in [0.1, 0.15) is 45.6 Å². The summed E-state index contributed by atoms with van der Waals surface area (Å²) in [5.74, 6) is 1.56. The van der Waals surface area contributed by atoms with Crippen molar-refractivity contribution in [3.05, 3.63) is 24.2 Å². The van der Waals surface area contributed by atoms with Gasteiger partial charge in [-0.15, -0.1) is 0 Å². The van der Waals surface area contributed by atoms with Gasteiger partial charge in [0.05, 0.1) is 12.4 Å². The number of aromatic nitrogens is 4. The average molecular weight is 384 g/mol. The van der Waals surface area contributed by atoms with Gasteiger partial charge in [0.1, 0.15) is 11.7 Å². The molecule has 4 heterocycles. The number of fused-ring (bicyclic) bond motifs is 3. The van der Waals surface area contributed by atoms with Crippen LogP contribution in [-0.4, -0.2) is 45.3 Å². The second-order valence-electron chi connectivity index (χ2n) is 8.93. The topological polar surface area (TPSA) is 79.2 Å². The summed E-state index contributed by atoms with van der Waals surface area (Å²) in [5.41, 5.74) is 2.17. The highest BCUT2D eigenvalue weighted by Crippen LogP contribution is 2.37. The molecule has 150 valence electrons. The maximum Gasteiger partial charge on any atom is 0.249 e. The van der Waals surface area contributed by atoms with Crippen LogP contribution in [0.25, 0.3) is 0 Å². The number of rotatable bonds is 5. The fraction of sp³-hybridized carbons (Fsp3) is 0.600. The number of likely N-dealkylation sites (N-methyl/N-ethyl adjacent to an activating group) is 1. The number of nitrogens with one attached hydrogen (secondary N) is 1. The lowest BCUT2D eigenvalue weighted by Crippen LogP contribution is -2.49. The molecule has 2 aromatic heterocycles. The fourth-order valence-corrected chi connectivity index (χ4v) is 3.77. The van der Waals surface area contributed by atoms with Crippen molar-refractivity contribution in [1.29, 1.82) is 0 Å². The molecule has 2 aromatic rings. The lowest BCUT2D eigenvalue weighted by atomic mass is 9.92. The number of anilines is 3. The highest BCUT2D eigenvalue weighted by molar-refractivity contribution is 6.04. The van der Waals surface area contributed by atoms with Crippen molar-refractivity contribution in [2.24, 2.45) is 5.41 Å². The summed E-state index contributed by atoms with van der Waals surface area (Å²) in [7, 11) is 1.80. The van der Waals surface area contributed by atoms with Crippen LogP contribution < -0.4 is 15.1 Å². The third kappa shape index (κ3) is 3.68. The van der Waals surface area contributed by atoms with E-state index in [9.17, 15) is 4.79 Å². The van der Waals surface area contributed by atoms with Gasteiger partial charge in [-0.3, -0.25) is 9.48 Å². The molecular weight excluding hydrogens is 354 g/mol. The summed E-state index contributed by atoms with van der Waals surface area (Å²) in [4.78, 5) is 25.4. The predicted molar refractivity (Wildman–Crippen MR) is 109 cm³/mol. The molecule has 1 fully saturated rings. The molecule has 1 saturated heterocycles. The standard InChI is InChI=1S/C20H29N7O/c1-20(2,3)7-9-26-13-14(11-23-26)10-21-19-22-12-16-17(24-19)27-8-5-6-15(27)18(28)25(16)4/h11-13,15H,5-10H2,1-4H3,(H,21,22,24). The van der Waals surface area contributed by atoms with Gasteiger partial charge < -0.3 is 15.1 Å². The molecule has 4 rings (SSSR count). The van der Waals surface area contributed by atoms with Gasteiger partial charge in [-0.05, 0) is 24.7 Å². The Morgan fingerprint density at radius 1 is 1.29 bits per heavy atom. The van der Waals surface area contributed by atoms with Gasteiger partial charge in [-0.2, -0.15) is 10.1 Å². The van der Waals surface area contributed by atoms with Crippen molar-refractivity contribution in [2.75, 3.05) is 28.7 Å². The zero-order valence-corrected chi connectivity index (χ0v) is 17.1. The SMILES string of the molecule is CN1C(=O)C2CCCN2c2nc(NCc3cnn(CCC(C)(C)C)c3)ncc21. The molecule has 0 bridgehead atoms. The van der Waals surface area contributed by atoms with Gasteiger partial charge in [-0.25, -0.2) is 4.98 Å². The molecular formula is C20H29N7O. The number of carbonyl (C=O) groups excluding carboxylic acids is 1. The fourth-order valence-electron chi connectivity index (χ4n) is 3.77. The van der Waals surface area contributed by atoms with E-state index in [0.29, 0.717) is 17.9 Å². The molecule has 1 N–H and O–H groups in total. The van der Waals surface area contributed by atoms with Crippen molar-refractivity contribution < 1.29 is 4.79 Å². The van der Waals surface area contributed by atoms with Crippen molar-refractivity contribution in [2.45, 2.75) is 59.2 Å². The smallest absolute Gasteiger partial charge is 0.249 e. The van der Waals surface area contributed by atoms with Crippen LogP contribution in [0.3, 0.4) is 0 Å². The zero-order valence-electron chi connectivity index (χ0n) is 17.1. The molecule has 1 atom stereocenters. The summed E-state index contributed by atoms with van der Waals surface area (Å²) in [6, 6.07) is -0.0821. The first-order valence-corrected chi connectivity index (χ1v) is 9.98. The van der Waals surface area contributed by atoms with Crippen LogP contribution in [0, 0.1) is 5.41 Å². The summed E-state index contributed by atoms with van der Waals surface area (Å²) in [6.45, 7) is 9.11. The third-order valence-electron chi connectivity index (χ3n) is 5.48. The van der Waals surface area contributed by atoms with E-state index in [0.717, 1.165) is 49.4 Å². The molecule has 0 saturated carbocycles.